The number of nitrogens with two attached hydrogens (primary N) is 1. The number of ether oxygens (including phenoxy) is 3. The highest BCUT2D eigenvalue weighted by molar-refractivity contribution is 5.72. The molecule has 0 spiro atoms. The lowest BCUT2D eigenvalue weighted by molar-refractivity contribution is 0.284. The second-order valence-corrected chi connectivity index (χ2v) is 8.73. The first kappa shape index (κ1) is 23.1. The van der Waals surface area contributed by atoms with Crippen molar-refractivity contribution in [1.29, 1.82) is 5.26 Å². The van der Waals surface area contributed by atoms with Crippen LogP contribution in [0.3, 0.4) is 0 Å². The standard InChI is InChI=1S/C29H26N4O3/c1-17-9-10-21(13-18(17)2)27-26-25(22(15-30)28(31)36-29(26)33-32-27)20-11-12-23(24(14-20)34-3)35-16-19-7-5-4-6-8-19/h4-14,25H,16,31H2,1-3H3,(H,32,33). The minimum atomic E-state index is -0.494. The maximum absolute atomic E-state index is 10.0. The van der Waals surface area contributed by atoms with Crippen molar-refractivity contribution in [2.24, 2.45) is 5.73 Å². The third-order valence-corrected chi connectivity index (χ3v) is 6.49. The Bertz CT molecular complexity index is 1500. The minimum absolute atomic E-state index is 0.0384. The smallest absolute Gasteiger partial charge is 0.244 e. The highest BCUT2D eigenvalue weighted by Crippen LogP contribution is 2.47. The SMILES string of the molecule is COc1cc(C2C(C#N)=C(N)Oc3n[nH]c(-c4ccc(C)c(C)c4)c32)ccc1OCc1ccccc1. The maximum Gasteiger partial charge on any atom is 0.244 e. The van der Waals surface area contributed by atoms with E-state index in [1.54, 1.807) is 7.11 Å². The van der Waals surface area contributed by atoms with Gasteiger partial charge in [0.15, 0.2) is 11.5 Å². The summed E-state index contributed by atoms with van der Waals surface area (Å²) >= 11 is 0. The molecule has 0 amide bonds. The van der Waals surface area contributed by atoms with Crippen LogP contribution in [0.1, 0.15) is 33.7 Å². The Hall–Kier alpha value is -4.70. The molecular formula is C29H26N4O3. The maximum atomic E-state index is 10.0. The van der Waals surface area contributed by atoms with Gasteiger partial charge in [-0.15, -0.1) is 5.10 Å². The average Bonchev–Trinajstić information content (AvgIpc) is 3.32. The van der Waals surface area contributed by atoms with Crippen molar-refractivity contribution in [3.8, 4) is 34.7 Å². The zero-order valence-corrected chi connectivity index (χ0v) is 20.3. The number of aryl methyl sites for hydroxylation is 2. The summed E-state index contributed by atoms with van der Waals surface area (Å²) in [5.74, 6) is 1.06. The van der Waals surface area contributed by atoms with Gasteiger partial charge < -0.3 is 19.9 Å². The van der Waals surface area contributed by atoms with E-state index in [0.29, 0.717) is 29.6 Å². The number of nitrogens with one attached hydrogen (secondary N) is 1. The van der Waals surface area contributed by atoms with Crippen LogP contribution in [0.4, 0.5) is 0 Å². The molecule has 5 rings (SSSR count). The van der Waals surface area contributed by atoms with Crippen molar-refractivity contribution in [1.82, 2.24) is 10.2 Å². The molecule has 7 heteroatoms. The molecule has 4 aromatic rings. The van der Waals surface area contributed by atoms with Crippen LogP contribution in [-0.2, 0) is 6.61 Å². The lowest BCUT2D eigenvalue weighted by atomic mass is 9.82. The number of hydrogen-bond acceptors (Lipinski definition) is 6. The Morgan fingerprint density at radius 2 is 1.83 bits per heavy atom. The number of H-pyrrole nitrogens is 1. The van der Waals surface area contributed by atoms with Gasteiger partial charge in [0.05, 0.1) is 24.3 Å². The molecule has 0 saturated carbocycles. The van der Waals surface area contributed by atoms with Crippen LogP contribution >= 0.6 is 0 Å². The second-order valence-electron chi connectivity index (χ2n) is 8.73. The first-order chi connectivity index (χ1) is 17.5. The quantitative estimate of drug-likeness (QED) is 0.379. The van der Waals surface area contributed by atoms with Crippen molar-refractivity contribution in [3.63, 3.8) is 0 Å². The number of nitriles is 1. The van der Waals surface area contributed by atoms with Gasteiger partial charge in [0.1, 0.15) is 18.2 Å². The van der Waals surface area contributed by atoms with Gasteiger partial charge >= 0.3 is 0 Å². The molecule has 180 valence electrons. The van der Waals surface area contributed by atoms with Crippen LogP contribution in [0.25, 0.3) is 11.3 Å². The Morgan fingerprint density at radius 1 is 1.03 bits per heavy atom. The van der Waals surface area contributed by atoms with Crippen LogP contribution in [0.15, 0.2) is 78.2 Å². The summed E-state index contributed by atoms with van der Waals surface area (Å²) < 4.78 is 17.4. The molecule has 7 nitrogen and oxygen atoms in total. The average molecular weight is 479 g/mol. The first-order valence-electron chi connectivity index (χ1n) is 11.6. The van der Waals surface area contributed by atoms with Crippen molar-refractivity contribution >= 4 is 0 Å². The largest absolute Gasteiger partial charge is 0.493 e. The molecule has 2 heterocycles. The third kappa shape index (κ3) is 4.14. The number of aromatic amines is 1. The number of hydrogen-bond donors (Lipinski definition) is 2. The van der Waals surface area contributed by atoms with Crippen LogP contribution < -0.4 is 19.9 Å². The van der Waals surface area contributed by atoms with Gasteiger partial charge in [-0.3, -0.25) is 5.10 Å². The number of aromatic nitrogens is 2. The van der Waals surface area contributed by atoms with Crippen LogP contribution in [0.2, 0.25) is 0 Å². The van der Waals surface area contributed by atoms with E-state index in [2.05, 4.69) is 42.2 Å². The molecule has 0 radical (unpaired) electrons. The fraction of sp³-hybridized carbons (Fsp3) is 0.172. The first-order valence-corrected chi connectivity index (χ1v) is 11.6. The minimum Gasteiger partial charge on any atom is -0.493 e. The second kappa shape index (κ2) is 9.51. The van der Waals surface area contributed by atoms with E-state index in [0.717, 1.165) is 33.5 Å². The fourth-order valence-corrected chi connectivity index (χ4v) is 4.41. The fourth-order valence-electron chi connectivity index (χ4n) is 4.41. The van der Waals surface area contributed by atoms with Crippen molar-refractivity contribution < 1.29 is 14.2 Å². The van der Waals surface area contributed by atoms with E-state index in [1.807, 2.05) is 54.6 Å². The molecule has 0 fully saturated rings. The molecule has 36 heavy (non-hydrogen) atoms. The summed E-state index contributed by atoms with van der Waals surface area (Å²) in [6, 6.07) is 24.0. The highest BCUT2D eigenvalue weighted by Gasteiger charge is 2.36. The number of benzene rings is 3. The van der Waals surface area contributed by atoms with E-state index >= 15 is 0 Å². The monoisotopic (exact) mass is 478 g/mol. The topological polar surface area (TPSA) is 106 Å². The molecule has 3 aromatic carbocycles. The highest BCUT2D eigenvalue weighted by atomic mass is 16.5. The summed E-state index contributed by atoms with van der Waals surface area (Å²) in [6.07, 6.45) is 0. The molecule has 1 aromatic heterocycles. The van der Waals surface area contributed by atoms with E-state index in [9.17, 15) is 5.26 Å². The number of methoxy groups -OCH3 is 1. The normalized spacial score (nSPS) is 14.6. The lowest BCUT2D eigenvalue weighted by Gasteiger charge is -2.25. The van der Waals surface area contributed by atoms with E-state index < -0.39 is 5.92 Å². The zero-order chi connectivity index (χ0) is 25.2. The van der Waals surface area contributed by atoms with Crippen molar-refractivity contribution in [3.05, 3.63) is 106 Å². The van der Waals surface area contributed by atoms with Gasteiger partial charge in [-0.2, -0.15) is 5.26 Å². The molecule has 0 aliphatic carbocycles. The van der Waals surface area contributed by atoms with Gasteiger partial charge in [0, 0.05) is 5.56 Å². The van der Waals surface area contributed by atoms with Crippen LogP contribution in [-0.4, -0.2) is 17.3 Å². The Labute approximate surface area is 209 Å². The van der Waals surface area contributed by atoms with Gasteiger partial charge in [0.25, 0.3) is 0 Å². The van der Waals surface area contributed by atoms with Crippen molar-refractivity contribution in [2.45, 2.75) is 26.4 Å². The molecular weight excluding hydrogens is 452 g/mol. The molecule has 1 unspecified atom stereocenters. The van der Waals surface area contributed by atoms with Crippen LogP contribution in [0, 0.1) is 25.2 Å². The summed E-state index contributed by atoms with van der Waals surface area (Å²) in [5, 5.41) is 17.5. The zero-order valence-electron chi connectivity index (χ0n) is 20.3. The van der Waals surface area contributed by atoms with Crippen molar-refractivity contribution in [2.75, 3.05) is 7.11 Å². The summed E-state index contributed by atoms with van der Waals surface area (Å²) in [4.78, 5) is 0. The molecule has 1 aliphatic rings. The van der Waals surface area contributed by atoms with Gasteiger partial charge in [-0.05, 0) is 54.3 Å². The third-order valence-electron chi connectivity index (χ3n) is 6.49. The Kier molecular flexibility index (Phi) is 6.09. The molecule has 0 saturated heterocycles. The number of nitrogens with zero attached hydrogens (tertiary/aromatic N) is 2. The van der Waals surface area contributed by atoms with Gasteiger partial charge in [-0.25, -0.2) is 0 Å². The van der Waals surface area contributed by atoms with Gasteiger partial charge in [-0.1, -0.05) is 48.5 Å². The lowest BCUT2D eigenvalue weighted by Crippen LogP contribution is -2.21. The Balaban J connectivity index is 1.57. The summed E-state index contributed by atoms with van der Waals surface area (Å²) in [5.41, 5.74) is 13.2. The number of allylic oxidation sites excluding steroid dienone is 1. The summed E-state index contributed by atoms with van der Waals surface area (Å²) in [7, 11) is 1.59. The Morgan fingerprint density at radius 3 is 2.56 bits per heavy atom. The predicted octanol–water partition coefficient (Wildman–Crippen LogP) is 5.50. The van der Waals surface area contributed by atoms with E-state index in [-0.39, 0.29) is 5.88 Å². The molecule has 1 atom stereocenters. The van der Waals surface area contributed by atoms with E-state index in [1.165, 1.54) is 5.56 Å². The molecule has 0 bridgehead atoms. The number of fused-ring (bicyclic) bond motifs is 1. The number of rotatable bonds is 6. The summed E-state index contributed by atoms with van der Waals surface area (Å²) in [6.45, 7) is 4.54. The molecule has 3 N–H and O–H groups in total. The van der Waals surface area contributed by atoms with E-state index in [4.69, 9.17) is 19.9 Å². The predicted molar refractivity (Wildman–Crippen MR) is 137 cm³/mol. The van der Waals surface area contributed by atoms with Crippen LogP contribution in [0.5, 0.6) is 17.4 Å². The molecule has 1 aliphatic heterocycles. The van der Waals surface area contributed by atoms with Gasteiger partial charge in [0.2, 0.25) is 11.8 Å².